The van der Waals surface area contributed by atoms with Gasteiger partial charge < -0.3 is 4.90 Å². The van der Waals surface area contributed by atoms with E-state index < -0.39 is 5.92 Å². The molecule has 0 aliphatic heterocycles. The van der Waals surface area contributed by atoms with Crippen LogP contribution in [0.15, 0.2) is 67.0 Å². The maximum atomic E-state index is 13.5. The second-order valence-corrected chi connectivity index (χ2v) is 7.94. The molecule has 160 valence electrons. The minimum atomic E-state index is -2.88. The Morgan fingerprint density at radius 1 is 1.00 bits per heavy atom. The van der Waals surface area contributed by atoms with Crippen LogP contribution in [-0.4, -0.2) is 31.6 Å². The molecule has 0 unspecified atom stereocenters. The maximum absolute atomic E-state index is 13.5. The number of nitrogens with zero attached hydrogens (tertiary/aromatic N) is 6. The molecule has 0 aliphatic rings. The van der Waals surface area contributed by atoms with E-state index in [1.54, 1.807) is 28.9 Å². The van der Waals surface area contributed by atoms with E-state index >= 15 is 0 Å². The van der Waals surface area contributed by atoms with Crippen LogP contribution in [-0.2, 0) is 5.92 Å². The van der Waals surface area contributed by atoms with Gasteiger partial charge in [-0.05, 0) is 30.3 Å². The lowest BCUT2D eigenvalue weighted by molar-refractivity contribution is 0.0175. The fourth-order valence-corrected chi connectivity index (χ4v) is 3.76. The first-order chi connectivity index (χ1) is 15.3. The number of rotatable bonds is 4. The number of anilines is 2. The van der Waals surface area contributed by atoms with E-state index in [1.807, 2.05) is 42.3 Å². The summed E-state index contributed by atoms with van der Waals surface area (Å²) < 4.78 is 28.8. The van der Waals surface area contributed by atoms with Gasteiger partial charge in [0.05, 0.1) is 11.2 Å². The van der Waals surface area contributed by atoms with Crippen LogP contribution in [0.5, 0.6) is 0 Å². The summed E-state index contributed by atoms with van der Waals surface area (Å²) >= 11 is 6.22. The van der Waals surface area contributed by atoms with E-state index in [9.17, 15) is 8.78 Å². The highest BCUT2D eigenvalue weighted by atomic mass is 35.5. The molecule has 0 spiro atoms. The van der Waals surface area contributed by atoms with Crippen LogP contribution >= 0.6 is 11.6 Å². The van der Waals surface area contributed by atoms with Gasteiger partial charge in [-0.3, -0.25) is 4.40 Å². The predicted octanol–water partition coefficient (Wildman–Crippen LogP) is 5.87. The number of hydrogen-bond acceptors (Lipinski definition) is 5. The molecule has 0 radical (unpaired) electrons. The van der Waals surface area contributed by atoms with Crippen molar-refractivity contribution in [1.82, 2.24) is 24.6 Å². The molecule has 0 bridgehead atoms. The molecule has 0 atom stereocenters. The zero-order chi connectivity index (χ0) is 22.5. The maximum Gasteiger partial charge on any atom is 0.270 e. The third kappa shape index (κ3) is 3.52. The monoisotopic (exact) mass is 450 g/mol. The second kappa shape index (κ2) is 7.49. The molecule has 32 heavy (non-hydrogen) atoms. The third-order valence-electron chi connectivity index (χ3n) is 5.28. The van der Waals surface area contributed by atoms with E-state index in [4.69, 9.17) is 16.6 Å². The summed E-state index contributed by atoms with van der Waals surface area (Å²) in [5.41, 5.74) is 2.19. The summed E-state index contributed by atoms with van der Waals surface area (Å²) in [6, 6.07) is 17.2. The number of alkyl halides is 2. The minimum absolute atomic E-state index is 0.0366. The Labute approximate surface area is 187 Å². The normalized spacial score (nSPS) is 11.9. The van der Waals surface area contributed by atoms with Crippen molar-refractivity contribution in [2.45, 2.75) is 12.8 Å². The average Bonchev–Trinajstić information content (AvgIpc) is 3.26. The lowest BCUT2D eigenvalue weighted by Crippen LogP contribution is -2.14. The molecule has 0 saturated heterocycles. The number of benzene rings is 2. The zero-order valence-corrected chi connectivity index (χ0v) is 17.9. The molecule has 0 saturated carbocycles. The minimum Gasteiger partial charge on any atom is -0.313 e. The molecule has 5 aromatic rings. The molecular formula is C23H17ClF2N6. The van der Waals surface area contributed by atoms with E-state index in [2.05, 4.69) is 15.2 Å². The molecule has 5 rings (SSSR count). The van der Waals surface area contributed by atoms with Crippen LogP contribution in [0.2, 0.25) is 5.02 Å². The first kappa shape index (κ1) is 20.3. The van der Waals surface area contributed by atoms with Crippen LogP contribution in [0.4, 0.5) is 20.4 Å². The fourth-order valence-electron chi connectivity index (χ4n) is 3.59. The molecule has 6 nitrogen and oxygen atoms in total. The topological polar surface area (TPSA) is 59.2 Å². The lowest BCUT2D eigenvalue weighted by atomic mass is 10.1. The molecular weight excluding hydrogens is 434 g/mol. The van der Waals surface area contributed by atoms with Gasteiger partial charge in [0.25, 0.3) is 11.7 Å². The first-order valence-corrected chi connectivity index (χ1v) is 10.2. The third-order valence-corrected chi connectivity index (χ3v) is 5.51. The number of aromatic nitrogens is 5. The molecule has 3 aromatic heterocycles. The Kier molecular flexibility index (Phi) is 4.74. The molecule has 3 heterocycles. The number of halogens is 3. The van der Waals surface area contributed by atoms with E-state index in [0.29, 0.717) is 28.1 Å². The SMILES string of the molecule is CN(c1cccc(-c2ccc(C(C)(F)F)cc2)n1)c1nc2nncn2c2cc(Cl)ccc12. The molecule has 0 amide bonds. The number of pyridine rings is 1. The molecule has 0 N–H and O–H groups in total. The highest BCUT2D eigenvalue weighted by molar-refractivity contribution is 6.31. The summed E-state index contributed by atoms with van der Waals surface area (Å²) in [4.78, 5) is 11.2. The quantitative estimate of drug-likeness (QED) is 0.342. The second-order valence-electron chi connectivity index (χ2n) is 7.50. The van der Waals surface area contributed by atoms with Crippen molar-refractivity contribution >= 4 is 39.9 Å². The molecule has 0 aliphatic carbocycles. The van der Waals surface area contributed by atoms with Crippen LogP contribution in [0, 0.1) is 0 Å². The van der Waals surface area contributed by atoms with Gasteiger partial charge in [0.2, 0.25) is 0 Å². The summed E-state index contributed by atoms with van der Waals surface area (Å²) in [6.07, 6.45) is 1.59. The van der Waals surface area contributed by atoms with Crippen LogP contribution in [0.3, 0.4) is 0 Å². The van der Waals surface area contributed by atoms with Crippen molar-refractivity contribution in [2.24, 2.45) is 0 Å². The van der Waals surface area contributed by atoms with Gasteiger partial charge >= 0.3 is 0 Å². The van der Waals surface area contributed by atoms with E-state index in [0.717, 1.165) is 23.4 Å². The van der Waals surface area contributed by atoms with Gasteiger partial charge in [-0.25, -0.2) is 13.8 Å². The van der Waals surface area contributed by atoms with Gasteiger partial charge in [-0.1, -0.05) is 41.9 Å². The Hall–Kier alpha value is -3.65. The van der Waals surface area contributed by atoms with Crippen molar-refractivity contribution in [1.29, 1.82) is 0 Å². The van der Waals surface area contributed by atoms with Gasteiger partial charge in [-0.15, -0.1) is 10.2 Å². The highest BCUT2D eigenvalue weighted by Gasteiger charge is 2.24. The Morgan fingerprint density at radius 2 is 1.78 bits per heavy atom. The Bertz CT molecular complexity index is 1440. The fraction of sp³-hybridized carbons (Fsp3) is 0.130. The van der Waals surface area contributed by atoms with Crippen molar-refractivity contribution in [3.05, 3.63) is 77.6 Å². The summed E-state index contributed by atoms with van der Waals surface area (Å²) in [7, 11) is 1.86. The molecule has 0 fully saturated rings. The Morgan fingerprint density at radius 3 is 2.53 bits per heavy atom. The van der Waals surface area contributed by atoms with Gasteiger partial charge in [0, 0.05) is 35.5 Å². The van der Waals surface area contributed by atoms with Gasteiger partial charge in [0.15, 0.2) is 0 Å². The molecule has 2 aromatic carbocycles. The van der Waals surface area contributed by atoms with Crippen molar-refractivity contribution in [3.63, 3.8) is 0 Å². The predicted molar refractivity (Wildman–Crippen MR) is 121 cm³/mol. The largest absolute Gasteiger partial charge is 0.313 e. The highest BCUT2D eigenvalue weighted by Crippen LogP contribution is 2.32. The van der Waals surface area contributed by atoms with E-state index in [1.165, 1.54) is 12.1 Å². The Balaban J connectivity index is 1.58. The van der Waals surface area contributed by atoms with Crippen LogP contribution in [0.1, 0.15) is 12.5 Å². The van der Waals surface area contributed by atoms with Crippen molar-refractivity contribution < 1.29 is 8.78 Å². The number of fused-ring (bicyclic) bond motifs is 3. The first-order valence-electron chi connectivity index (χ1n) is 9.80. The lowest BCUT2D eigenvalue weighted by Gasteiger charge is -2.20. The van der Waals surface area contributed by atoms with Gasteiger partial charge in [0.1, 0.15) is 18.0 Å². The summed E-state index contributed by atoms with van der Waals surface area (Å²) in [5, 5.41) is 9.47. The standard InChI is InChI=1S/C23H17ClF2N6/c1-23(25,26)15-8-6-14(7-9-15)18-4-3-5-20(28-18)31(2)21-17-11-10-16(24)12-19(17)32-13-27-30-22(32)29-21/h3-13H,1-2H3. The average molecular weight is 451 g/mol. The zero-order valence-electron chi connectivity index (χ0n) is 17.2. The van der Waals surface area contributed by atoms with Crippen LogP contribution < -0.4 is 4.90 Å². The van der Waals surface area contributed by atoms with E-state index in [-0.39, 0.29) is 5.56 Å². The van der Waals surface area contributed by atoms with Crippen molar-refractivity contribution in [3.8, 4) is 11.3 Å². The summed E-state index contributed by atoms with van der Waals surface area (Å²) in [5.74, 6) is -1.17. The van der Waals surface area contributed by atoms with Crippen LogP contribution in [0.25, 0.3) is 27.9 Å². The van der Waals surface area contributed by atoms with Crippen molar-refractivity contribution in [2.75, 3.05) is 11.9 Å². The smallest absolute Gasteiger partial charge is 0.270 e. The van der Waals surface area contributed by atoms with Gasteiger partial charge in [-0.2, -0.15) is 4.98 Å². The molecule has 9 heteroatoms. The number of hydrogen-bond donors (Lipinski definition) is 0. The summed E-state index contributed by atoms with van der Waals surface area (Å²) in [6.45, 7) is 0.882.